The second-order valence-corrected chi connectivity index (χ2v) is 26.0. The first-order chi connectivity index (χ1) is 39.1. The van der Waals surface area contributed by atoms with Gasteiger partial charge >= 0.3 is 0 Å². The Kier molecular flexibility index (Phi) is 17.6. The maximum absolute atomic E-state index is 4.77. The van der Waals surface area contributed by atoms with Gasteiger partial charge in [-0.1, -0.05) is 211 Å². The number of nitrogens with zero attached hydrogens (tertiary/aromatic N) is 3. The van der Waals surface area contributed by atoms with E-state index in [-0.39, 0.29) is 41.8 Å². The van der Waals surface area contributed by atoms with Gasteiger partial charge in [0.25, 0.3) is 0 Å². The Morgan fingerprint density at radius 1 is 0.337 bits per heavy atom. The Hall–Kier alpha value is -7.88. The van der Waals surface area contributed by atoms with Gasteiger partial charge in [0.15, 0.2) is 0 Å². The van der Waals surface area contributed by atoms with E-state index in [9.17, 15) is 0 Å². The van der Waals surface area contributed by atoms with E-state index in [4.69, 9.17) is 4.98 Å². The molecule has 11 aromatic rings. The van der Waals surface area contributed by atoms with E-state index in [1.165, 1.54) is 77.7 Å². The Labute approximate surface area is 508 Å². The number of aryl methyl sites for hydroxylation is 1. The summed E-state index contributed by atoms with van der Waals surface area (Å²) in [5.41, 5.74) is 24.1. The Morgan fingerprint density at radius 3 is 1.04 bits per heavy atom. The molecule has 83 heavy (non-hydrogen) atoms. The standard InChI is InChI=1S/C41H38N.C38H39N2.Ir/c1-40(2,3)36-18-14-28(15-19-36)33-25-34(29-16-20-37(21-17-29)41(4,5)6)27-35(26-33)31-11-9-12-32(24-31)39-38-13-8-7-10-30(38)22-23-42-39;1-8-26-24-39-36(40-25-26)30-11-9-10-29(20-30)33-22-31(27-12-16-34(17-13-27)37(2,3)4)21-32(23-33)28-14-18-35(19-15-28)38(5,6)7;/h7-11,13-27H,1-6H3;9-10,12-25H,8H2,1-7H3;/q2*-1;. The van der Waals surface area contributed by atoms with E-state index < -0.39 is 0 Å². The molecule has 0 saturated heterocycles. The molecule has 0 fully saturated rings. The van der Waals surface area contributed by atoms with E-state index in [1.54, 1.807) is 0 Å². The van der Waals surface area contributed by atoms with Gasteiger partial charge in [-0.2, -0.15) is 0 Å². The molecular weight excluding hydrogens is 1180 g/mol. The minimum atomic E-state index is 0. The monoisotopic (exact) mass is 1260 g/mol. The van der Waals surface area contributed by atoms with Crippen molar-refractivity contribution in [1.29, 1.82) is 0 Å². The number of hydrogen-bond acceptors (Lipinski definition) is 3. The fraction of sp³-hybridized carbons (Fsp3) is 0.228. The summed E-state index contributed by atoms with van der Waals surface area (Å²) in [5.74, 6) is 0.700. The number of hydrogen-bond donors (Lipinski definition) is 0. The molecule has 9 aromatic carbocycles. The van der Waals surface area contributed by atoms with E-state index in [0.29, 0.717) is 5.82 Å². The number of benzene rings is 9. The van der Waals surface area contributed by atoms with Gasteiger partial charge < -0.3 is 4.98 Å². The summed E-state index contributed by atoms with van der Waals surface area (Å²) < 4.78 is 0. The Balaban J connectivity index is 0.000000197. The number of fused-ring (bicyclic) bond motifs is 1. The first kappa shape index (κ1) is 59.7. The topological polar surface area (TPSA) is 38.7 Å². The first-order valence-corrected chi connectivity index (χ1v) is 29.0. The Bertz CT molecular complexity index is 3840. The van der Waals surface area contributed by atoms with Crippen molar-refractivity contribution in [2.24, 2.45) is 0 Å². The van der Waals surface area contributed by atoms with Gasteiger partial charge in [0.1, 0.15) is 0 Å². The fourth-order valence-electron chi connectivity index (χ4n) is 10.5. The molecule has 0 atom stereocenters. The second-order valence-electron chi connectivity index (χ2n) is 26.0. The SMILES string of the molecule is CC(C)(C)c1ccc(-c2cc(-c3ccc(C(C)(C)C)cc3)cc(-c3cc[c-]c(-c4nccc5ccccc45)c3)c2)cc1.CCc1cnc(-c2[c-]ccc(-c3cc(-c4ccc(C(C)(C)C)cc4)cc(-c4ccc(C(C)(C)C)cc4)c3)c2)nc1.[Ir]. The molecule has 3 nitrogen and oxygen atoms in total. The third-order valence-electron chi connectivity index (χ3n) is 15.8. The quantitative estimate of drug-likeness (QED) is 0.135. The van der Waals surface area contributed by atoms with E-state index in [1.807, 2.05) is 30.7 Å². The second kappa shape index (κ2) is 24.5. The van der Waals surface area contributed by atoms with Crippen LogP contribution < -0.4 is 0 Å². The van der Waals surface area contributed by atoms with Crippen LogP contribution in [0.1, 0.15) is 118 Å². The van der Waals surface area contributed by atoms with Crippen LogP contribution in [0.3, 0.4) is 0 Å². The molecule has 0 amide bonds. The zero-order chi connectivity index (χ0) is 58.0. The van der Waals surface area contributed by atoms with Gasteiger partial charge in [0.2, 0.25) is 0 Å². The average molecular weight is 1260 g/mol. The number of rotatable bonds is 9. The van der Waals surface area contributed by atoms with Crippen LogP contribution >= 0.6 is 0 Å². The van der Waals surface area contributed by atoms with Gasteiger partial charge in [0, 0.05) is 38.7 Å². The van der Waals surface area contributed by atoms with Gasteiger partial charge in [0.05, 0.1) is 5.82 Å². The summed E-state index contributed by atoms with van der Waals surface area (Å²) in [6.07, 6.45) is 6.63. The summed E-state index contributed by atoms with van der Waals surface area (Å²) in [5, 5.41) is 2.32. The first-order valence-electron chi connectivity index (χ1n) is 29.0. The van der Waals surface area contributed by atoms with Crippen LogP contribution in [-0.2, 0) is 48.2 Å². The molecular formula is C79H77IrN3-2. The van der Waals surface area contributed by atoms with Gasteiger partial charge in [-0.15, -0.1) is 70.8 Å². The summed E-state index contributed by atoms with van der Waals surface area (Å²) in [6, 6.07) is 79.9. The van der Waals surface area contributed by atoms with E-state index in [2.05, 4.69) is 300 Å². The molecule has 2 aromatic heterocycles. The predicted molar refractivity (Wildman–Crippen MR) is 349 cm³/mol. The molecule has 0 unspecified atom stereocenters. The van der Waals surface area contributed by atoms with Crippen LogP contribution in [0.2, 0.25) is 0 Å². The van der Waals surface area contributed by atoms with Gasteiger partial charge in [-0.05, 0) is 170 Å². The van der Waals surface area contributed by atoms with E-state index >= 15 is 0 Å². The maximum Gasteiger partial charge on any atom is 0.0748 e. The van der Waals surface area contributed by atoms with Crippen molar-refractivity contribution < 1.29 is 20.1 Å². The summed E-state index contributed by atoms with van der Waals surface area (Å²) in [7, 11) is 0. The summed E-state index contributed by atoms with van der Waals surface area (Å²) in [6.45, 7) is 29.2. The third-order valence-corrected chi connectivity index (χ3v) is 15.8. The molecule has 0 aliphatic carbocycles. The number of pyridine rings is 1. The fourth-order valence-corrected chi connectivity index (χ4v) is 10.5. The van der Waals surface area contributed by atoms with Crippen molar-refractivity contribution in [2.75, 3.05) is 0 Å². The van der Waals surface area contributed by atoms with Crippen LogP contribution in [0.25, 0.3) is 100 Å². The van der Waals surface area contributed by atoms with Gasteiger partial charge in [-0.25, -0.2) is 0 Å². The third kappa shape index (κ3) is 14.1. The van der Waals surface area contributed by atoms with Crippen molar-refractivity contribution in [3.8, 4) is 89.4 Å². The molecule has 1 radical (unpaired) electrons. The molecule has 0 aliphatic rings. The van der Waals surface area contributed by atoms with Gasteiger partial charge in [-0.3, -0.25) is 9.97 Å². The normalized spacial score (nSPS) is 11.9. The zero-order valence-corrected chi connectivity index (χ0v) is 53.1. The van der Waals surface area contributed by atoms with Crippen molar-refractivity contribution in [3.63, 3.8) is 0 Å². The van der Waals surface area contributed by atoms with Crippen LogP contribution in [0.15, 0.2) is 219 Å². The van der Waals surface area contributed by atoms with Crippen molar-refractivity contribution in [1.82, 2.24) is 15.0 Å². The van der Waals surface area contributed by atoms with Crippen molar-refractivity contribution in [3.05, 3.63) is 259 Å². The largest absolute Gasteiger partial charge is 0.304 e. The number of aromatic nitrogens is 3. The molecule has 0 N–H and O–H groups in total. The Morgan fingerprint density at radius 2 is 0.675 bits per heavy atom. The van der Waals surface area contributed by atoms with E-state index in [0.717, 1.165) is 50.9 Å². The molecule has 2 heterocycles. The molecule has 11 rings (SSSR count). The van der Waals surface area contributed by atoms with Crippen LogP contribution in [-0.4, -0.2) is 15.0 Å². The minimum Gasteiger partial charge on any atom is -0.304 e. The van der Waals surface area contributed by atoms with Crippen molar-refractivity contribution in [2.45, 2.75) is 118 Å². The molecule has 4 heteroatoms. The predicted octanol–water partition coefficient (Wildman–Crippen LogP) is 21.4. The molecule has 0 bridgehead atoms. The summed E-state index contributed by atoms with van der Waals surface area (Å²) in [4.78, 5) is 14.0. The zero-order valence-electron chi connectivity index (χ0n) is 50.7. The summed E-state index contributed by atoms with van der Waals surface area (Å²) >= 11 is 0. The molecule has 0 saturated carbocycles. The molecule has 0 aliphatic heterocycles. The average Bonchev–Trinajstić information content (AvgIpc) is 3.60. The molecule has 0 spiro atoms. The smallest absolute Gasteiger partial charge is 0.0748 e. The van der Waals surface area contributed by atoms with Crippen LogP contribution in [0.5, 0.6) is 0 Å². The van der Waals surface area contributed by atoms with Crippen LogP contribution in [0.4, 0.5) is 0 Å². The minimum absolute atomic E-state index is 0. The van der Waals surface area contributed by atoms with Crippen molar-refractivity contribution >= 4 is 10.8 Å². The van der Waals surface area contributed by atoms with Crippen LogP contribution in [0, 0.1) is 12.1 Å². The molecule has 419 valence electrons. The maximum atomic E-state index is 4.77.